The third kappa shape index (κ3) is 4.95. The number of hydrogen-bond acceptors (Lipinski definition) is 5. The highest BCUT2D eigenvalue weighted by atomic mass is 35.5. The molecule has 0 atom stereocenters. The normalized spacial score (nSPS) is 11.0. The van der Waals surface area contributed by atoms with E-state index < -0.39 is 28.4 Å². The molecule has 0 spiro atoms. The van der Waals surface area contributed by atoms with Crippen molar-refractivity contribution in [2.45, 2.75) is 4.90 Å². The molecule has 0 bridgehead atoms. The maximum absolute atomic E-state index is 12.3. The number of ether oxygens (including phenoxy) is 1. The molecule has 138 valence electrons. The first-order valence-corrected chi connectivity index (χ1v) is 9.40. The number of hydrogen-bond donors (Lipinski definition) is 2. The van der Waals surface area contributed by atoms with Gasteiger partial charge in [0.15, 0.2) is 0 Å². The summed E-state index contributed by atoms with van der Waals surface area (Å²) in [6.07, 6.45) is 0. The maximum atomic E-state index is 12.3. The predicted octanol–water partition coefficient (Wildman–Crippen LogP) is 2.70. The fraction of sp³-hybridized carbons (Fsp3) is 0.125. The first-order chi connectivity index (χ1) is 12.2. The molecule has 2 N–H and O–H groups in total. The van der Waals surface area contributed by atoms with Crippen LogP contribution in [0.1, 0.15) is 10.4 Å². The van der Waals surface area contributed by atoms with Gasteiger partial charge in [0.25, 0.3) is 0 Å². The Balaban J connectivity index is 2.10. The summed E-state index contributed by atoms with van der Waals surface area (Å²) in [6.45, 7) is -0.569. The Morgan fingerprint density at radius 2 is 1.81 bits per heavy atom. The number of carbonyl (C=O) groups is 2. The number of methoxy groups -OCH3 is 1. The van der Waals surface area contributed by atoms with Gasteiger partial charge in [-0.1, -0.05) is 35.3 Å². The molecule has 2 aromatic rings. The molecule has 1 amide bonds. The van der Waals surface area contributed by atoms with Gasteiger partial charge < -0.3 is 10.1 Å². The van der Waals surface area contributed by atoms with Gasteiger partial charge in [-0.2, -0.15) is 0 Å². The molecule has 0 aromatic heterocycles. The van der Waals surface area contributed by atoms with Gasteiger partial charge >= 0.3 is 5.97 Å². The molecule has 2 rings (SSSR count). The van der Waals surface area contributed by atoms with Crippen molar-refractivity contribution in [3.63, 3.8) is 0 Å². The third-order valence-electron chi connectivity index (χ3n) is 3.21. The Kier molecular flexibility index (Phi) is 6.60. The molecule has 0 saturated heterocycles. The number of amides is 1. The molecule has 0 saturated carbocycles. The van der Waals surface area contributed by atoms with Gasteiger partial charge in [0.1, 0.15) is 4.90 Å². The molecule has 26 heavy (non-hydrogen) atoms. The number of benzene rings is 2. The van der Waals surface area contributed by atoms with Gasteiger partial charge in [0.05, 0.1) is 29.9 Å². The van der Waals surface area contributed by atoms with Crippen molar-refractivity contribution in [1.29, 1.82) is 0 Å². The second-order valence-electron chi connectivity index (χ2n) is 4.98. The lowest BCUT2D eigenvalue weighted by atomic mass is 10.2. The first kappa shape index (κ1) is 20.2. The minimum Gasteiger partial charge on any atom is -0.465 e. The second-order valence-corrected chi connectivity index (χ2v) is 7.56. The highest BCUT2D eigenvalue weighted by molar-refractivity contribution is 7.89. The first-order valence-electron chi connectivity index (χ1n) is 7.16. The Labute approximate surface area is 160 Å². The lowest BCUT2D eigenvalue weighted by Crippen LogP contribution is -2.33. The largest absolute Gasteiger partial charge is 0.465 e. The van der Waals surface area contributed by atoms with E-state index in [-0.39, 0.29) is 26.2 Å². The van der Waals surface area contributed by atoms with E-state index in [1.54, 1.807) is 12.1 Å². The van der Waals surface area contributed by atoms with Crippen LogP contribution in [0.3, 0.4) is 0 Å². The lowest BCUT2D eigenvalue weighted by Gasteiger charge is -2.11. The van der Waals surface area contributed by atoms with E-state index in [0.717, 1.165) is 0 Å². The van der Waals surface area contributed by atoms with Crippen LogP contribution in [0.25, 0.3) is 0 Å². The van der Waals surface area contributed by atoms with Crippen LogP contribution in [0.4, 0.5) is 5.69 Å². The Hall–Kier alpha value is -2.13. The number of halogens is 2. The third-order valence-corrected chi connectivity index (χ3v) is 5.33. The van der Waals surface area contributed by atoms with Gasteiger partial charge in [-0.15, -0.1) is 0 Å². The standard InChI is InChI=1S/C16H14Cl2N2O5S/c1-25-16(22)11-4-2-3-5-13(11)20-15(21)9-19-26(23,24)14-8-10(17)6-7-12(14)18/h2-8,19H,9H2,1H3,(H,20,21). The fourth-order valence-electron chi connectivity index (χ4n) is 2.00. The molecule has 0 aliphatic carbocycles. The molecular weight excluding hydrogens is 403 g/mol. The van der Waals surface area contributed by atoms with E-state index in [9.17, 15) is 18.0 Å². The summed E-state index contributed by atoms with van der Waals surface area (Å²) in [6, 6.07) is 10.1. The highest BCUT2D eigenvalue weighted by Gasteiger charge is 2.20. The van der Waals surface area contributed by atoms with Gasteiger partial charge in [-0.3, -0.25) is 4.79 Å². The van der Waals surface area contributed by atoms with Crippen LogP contribution in [0.2, 0.25) is 10.0 Å². The van der Waals surface area contributed by atoms with Gasteiger partial charge in [0.2, 0.25) is 15.9 Å². The Morgan fingerprint density at radius 1 is 1.12 bits per heavy atom. The average Bonchev–Trinajstić information content (AvgIpc) is 2.62. The van der Waals surface area contributed by atoms with Crippen molar-refractivity contribution in [1.82, 2.24) is 4.72 Å². The van der Waals surface area contributed by atoms with E-state index in [0.29, 0.717) is 0 Å². The van der Waals surface area contributed by atoms with Crippen LogP contribution >= 0.6 is 23.2 Å². The van der Waals surface area contributed by atoms with Crippen LogP contribution in [-0.2, 0) is 19.6 Å². The van der Waals surface area contributed by atoms with E-state index in [1.807, 2.05) is 0 Å². The molecule has 0 aliphatic rings. The van der Waals surface area contributed by atoms with Crippen molar-refractivity contribution in [2.75, 3.05) is 19.0 Å². The second kappa shape index (κ2) is 8.50. The topological polar surface area (TPSA) is 102 Å². The van der Waals surface area contributed by atoms with E-state index in [1.165, 1.54) is 37.4 Å². The summed E-state index contributed by atoms with van der Waals surface area (Å²) in [4.78, 5) is 23.5. The Morgan fingerprint density at radius 3 is 2.50 bits per heavy atom. The lowest BCUT2D eigenvalue weighted by molar-refractivity contribution is -0.115. The summed E-state index contributed by atoms with van der Waals surface area (Å²) >= 11 is 11.6. The van der Waals surface area contributed by atoms with Crippen molar-refractivity contribution < 1.29 is 22.7 Å². The van der Waals surface area contributed by atoms with Crippen LogP contribution in [0, 0.1) is 0 Å². The molecule has 0 heterocycles. The summed E-state index contributed by atoms with van der Waals surface area (Å²) in [5.41, 5.74) is 0.341. The van der Waals surface area contributed by atoms with Crippen molar-refractivity contribution in [3.8, 4) is 0 Å². The molecule has 2 aromatic carbocycles. The molecular formula is C16H14Cl2N2O5S. The Bertz CT molecular complexity index is 947. The molecule has 10 heteroatoms. The average molecular weight is 417 g/mol. The van der Waals surface area contributed by atoms with Crippen molar-refractivity contribution in [2.24, 2.45) is 0 Å². The zero-order valence-corrected chi connectivity index (χ0v) is 15.8. The number of esters is 1. The molecule has 0 radical (unpaired) electrons. The zero-order valence-electron chi connectivity index (χ0n) is 13.5. The smallest absolute Gasteiger partial charge is 0.339 e. The van der Waals surface area contributed by atoms with Gasteiger partial charge in [0, 0.05) is 5.02 Å². The monoisotopic (exact) mass is 416 g/mol. The van der Waals surface area contributed by atoms with Gasteiger partial charge in [-0.05, 0) is 30.3 Å². The summed E-state index contributed by atoms with van der Waals surface area (Å²) in [5.74, 6) is -1.31. The zero-order chi connectivity index (χ0) is 19.3. The SMILES string of the molecule is COC(=O)c1ccccc1NC(=O)CNS(=O)(=O)c1cc(Cl)ccc1Cl. The van der Waals surface area contributed by atoms with Crippen molar-refractivity contribution >= 4 is 50.8 Å². The molecule has 0 fully saturated rings. The van der Waals surface area contributed by atoms with Crippen LogP contribution in [0.5, 0.6) is 0 Å². The minimum absolute atomic E-state index is 0.0293. The molecule has 0 unspecified atom stereocenters. The number of anilines is 1. The van der Waals surface area contributed by atoms with Crippen LogP contribution < -0.4 is 10.0 Å². The van der Waals surface area contributed by atoms with Crippen LogP contribution in [-0.4, -0.2) is 33.9 Å². The van der Waals surface area contributed by atoms with E-state index in [4.69, 9.17) is 23.2 Å². The maximum Gasteiger partial charge on any atom is 0.339 e. The number of rotatable bonds is 6. The number of carbonyl (C=O) groups excluding carboxylic acids is 2. The van der Waals surface area contributed by atoms with Crippen LogP contribution in [0.15, 0.2) is 47.4 Å². The van der Waals surface area contributed by atoms with Crippen molar-refractivity contribution in [3.05, 3.63) is 58.1 Å². The van der Waals surface area contributed by atoms with E-state index in [2.05, 4.69) is 14.8 Å². The predicted molar refractivity (Wildman–Crippen MR) is 98.1 cm³/mol. The molecule has 0 aliphatic heterocycles. The van der Waals surface area contributed by atoms with E-state index >= 15 is 0 Å². The quantitative estimate of drug-likeness (QED) is 0.704. The van der Waals surface area contributed by atoms with Gasteiger partial charge in [-0.25, -0.2) is 17.9 Å². The number of nitrogens with one attached hydrogen (secondary N) is 2. The number of sulfonamides is 1. The number of para-hydroxylation sites is 1. The minimum atomic E-state index is -4.05. The highest BCUT2D eigenvalue weighted by Crippen LogP contribution is 2.24. The summed E-state index contributed by atoms with van der Waals surface area (Å²) in [5, 5.41) is 2.61. The molecule has 7 nitrogen and oxygen atoms in total. The summed E-state index contributed by atoms with van der Waals surface area (Å²) < 4.78 is 31.3. The summed E-state index contributed by atoms with van der Waals surface area (Å²) in [7, 11) is -2.84. The fourth-order valence-corrected chi connectivity index (χ4v) is 3.74.